The lowest BCUT2D eigenvalue weighted by Gasteiger charge is -2.25. The Hall–Kier alpha value is -3.49. The number of fused-ring (bicyclic) bond motifs is 3. The molecule has 7 nitrogen and oxygen atoms in total. The Balaban J connectivity index is 0.00000137. The molecule has 1 aromatic carbocycles. The lowest BCUT2D eigenvalue weighted by Crippen LogP contribution is -2.31. The van der Waals surface area contributed by atoms with Gasteiger partial charge in [0.15, 0.2) is 0 Å². The Kier molecular flexibility index (Phi) is 7.39. The molecule has 6 rings (SSSR count). The van der Waals surface area contributed by atoms with E-state index in [1.807, 2.05) is 56.5 Å². The van der Waals surface area contributed by atoms with Crippen LogP contribution in [0.4, 0.5) is 11.5 Å². The van der Waals surface area contributed by atoms with E-state index in [9.17, 15) is 4.79 Å². The molecule has 1 aliphatic carbocycles. The van der Waals surface area contributed by atoms with Crippen molar-refractivity contribution in [2.45, 2.75) is 57.4 Å². The third-order valence-electron chi connectivity index (χ3n) is 6.64. The molecular weight excluding hydrogens is 482 g/mol. The molecule has 0 bridgehead atoms. The van der Waals surface area contributed by atoms with E-state index in [-0.39, 0.29) is 5.91 Å². The summed E-state index contributed by atoms with van der Waals surface area (Å²) < 4.78 is 5.60. The van der Waals surface area contributed by atoms with Crippen LogP contribution in [0.3, 0.4) is 0 Å². The summed E-state index contributed by atoms with van der Waals surface area (Å²) in [5.41, 5.74) is 12.4. The topological polar surface area (TPSA) is 94.2 Å². The first-order chi connectivity index (χ1) is 18.1. The van der Waals surface area contributed by atoms with Crippen molar-refractivity contribution in [3.05, 3.63) is 82.8 Å². The number of carbonyl (C=O) groups is 1. The molecule has 190 valence electrons. The lowest BCUT2D eigenvalue weighted by atomic mass is 10.0. The fourth-order valence-electron chi connectivity index (χ4n) is 4.62. The van der Waals surface area contributed by atoms with Crippen molar-refractivity contribution in [3.63, 3.8) is 0 Å². The fourth-order valence-corrected chi connectivity index (χ4v) is 5.17. The molecule has 1 saturated carbocycles. The van der Waals surface area contributed by atoms with Crippen LogP contribution in [-0.2, 0) is 24.5 Å². The summed E-state index contributed by atoms with van der Waals surface area (Å²) in [5.74, 6) is 0.938. The van der Waals surface area contributed by atoms with E-state index in [0.717, 1.165) is 44.0 Å². The van der Waals surface area contributed by atoms with Crippen molar-refractivity contribution < 1.29 is 9.53 Å². The molecule has 1 aliphatic heterocycles. The van der Waals surface area contributed by atoms with Crippen LogP contribution in [0.5, 0.6) is 0 Å². The highest BCUT2D eigenvalue weighted by atomic mass is 32.2. The highest BCUT2D eigenvalue weighted by molar-refractivity contribution is 7.98. The van der Waals surface area contributed by atoms with Crippen molar-refractivity contribution in [2.75, 3.05) is 16.9 Å². The highest BCUT2D eigenvalue weighted by Crippen LogP contribution is 2.39. The largest absolute Gasteiger partial charge is 0.383 e. The smallest absolute Gasteiger partial charge is 0.260 e. The molecule has 1 fully saturated rings. The average molecular weight is 514 g/mol. The number of anilines is 2. The Morgan fingerprint density at radius 1 is 1.11 bits per heavy atom. The van der Waals surface area contributed by atoms with Crippen LogP contribution in [0, 0.1) is 0 Å². The van der Waals surface area contributed by atoms with E-state index in [0.29, 0.717) is 37.1 Å². The van der Waals surface area contributed by atoms with Crippen LogP contribution < -0.4 is 10.6 Å². The number of hydrogen-bond donors (Lipinski definition) is 1. The van der Waals surface area contributed by atoms with Gasteiger partial charge in [-0.1, -0.05) is 26.0 Å². The van der Waals surface area contributed by atoms with Gasteiger partial charge in [0.2, 0.25) is 0 Å². The monoisotopic (exact) mass is 513 g/mol. The normalized spacial score (nSPS) is 14.1. The van der Waals surface area contributed by atoms with E-state index in [2.05, 4.69) is 21.0 Å². The molecule has 2 aliphatic rings. The number of pyridine rings is 3. The molecule has 4 aromatic rings. The van der Waals surface area contributed by atoms with Crippen molar-refractivity contribution in [2.24, 2.45) is 0 Å². The quantitative estimate of drug-likeness (QED) is 0.311. The van der Waals surface area contributed by atoms with E-state index in [1.165, 1.54) is 24.6 Å². The summed E-state index contributed by atoms with van der Waals surface area (Å²) in [6.45, 7) is 5.41. The standard InChI is InChI=1S/C27H25N5O2S.C2H6/c1-35-26-24(3-2-10-29-26)32(27(33)18-7-9-22(30-12-18)17-5-6-17)13-16-4-8-19-20-14-34-15-21(20)25(28)31-23(19)11-16;1-2/h2-4,7-12,17H,5-6,13-15H2,1H3,(H2,28,31);1-2H3. The second-order valence-corrected chi connectivity index (χ2v) is 9.76. The minimum absolute atomic E-state index is 0.113. The van der Waals surface area contributed by atoms with E-state index in [4.69, 9.17) is 10.5 Å². The number of nitrogen functional groups attached to an aromatic ring is 1. The molecular formula is C29H31N5O2S. The fraction of sp³-hybridized carbons (Fsp3) is 0.310. The summed E-state index contributed by atoms with van der Waals surface area (Å²) in [6.07, 6.45) is 7.76. The number of aromatic nitrogens is 3. The summed E-state index contributed by atoms with van der Waals surface area (Å²) in [5, 5.41) is 1.83. The highest BCUT2D eigenvalue weighted by Gasteiger charge is 2.27. The van der Waals surface area contributed by atoms with Gasteiger partial charge < -0.3 is 15.4 Å². The zero-order chi connectivity index (χ0) is 25.9. The van der Waals surface area contributed by atoms with Gasteiger partial charge in [0.05, 0.1) is 36.5 Å². The molecule has 0 atom stereocenters. The predicted octanol–water partition coefficient (Wildman–Crippen LogP) is 6.11. The van der Waals surface area contributed by atoms with Crippen molar-refractivity contribution in [1.82, 2.24) is 15.0 Å². The van der Waals surface area contributed by atoms with Crippen LogP contribution in [0.2, 0.25) is 0 Å². The summed E-state index contributed by atoms with van der Waals surface area (Å²) >= 11 is 1.52. The SMILES string of the molecule is CC.CSc1ncccc1N(Cc1ccc2c3c(c(N)nc2c1)COC3)C(=O)c1ccc(C2CC2)nc1. The lowest BCUT2D eigenvalue weighted by molar-refractivity contribution is 0.0984. The van der Waals surface area contributed by atoms with Gasteiger partial charge in [0.1, 0.15) is 10.8 Å². The Morgan fingerprint density at radius 3 is 2.65 bits per heavy atom. The van der Waals surface area contributed by atoms with Crippen LogP contribution in [-0.4, -0.2) is 27.1 Å². The summed E-state index contributed by atoms with van der Waals surface area (Å²) in [7, 11) is 0. The number of ether oxygens (including phenoxy) is 1. The molecule has 3 aromatic heterocycles. The van der Waals surface area contributed by atoms with Gasteiger partial charge in [0, 0.05) is 35.0 Å². The van der Waals surface area contributed by atoms with Gasteiger partial charge in [0.25, 0.3) is 5.91 Å². The van der Waals surface area contributed by atoms with E-state index in [1.54, 1.807) is 17.3 Å². The zero-order valence-corrected chi connectivity index (χ0v) is 22.2. The molecule has 0 radical (unpaired) electrons. The third-order valence-corrected chi connectivity index (χ3v) is 7.35. The Bertz CT molecular complexity index is 1440. The van der Waals surface area contributed by atoms with E-state index >= 15 is 0 Å². The summed E-state index contributed by atoms with van der Waals surface area (Å²) in [6, 6.07) is 13.8. The van der Waals surface area contributed by atoms with Gasteiger partial charge in [-0.05, 0) is 60.6 Å². The molecule has 2 N–H and O–H groups in total. The maximum atomic E-state index is 13.8. The number of nitrogens with zero attached hydrogens (tertiary/aromatic N) is 4. The first-order valence-corrected chi connectivity index (χ1v) is 13.9. The zero-order valence-electron chi connectivity index (χ0n) is 21.4. The molecule has 0 unspecified atom stereocenters. The van der Waals surface area contributed by atoms with Crippen molar-refractivity contribution in [1.29, 1.82) is 0 Å². The first-order valence-electron chi connectivity index (χ1n) is 12.7. The summed E-state index contributed by atoms with van der Waals surface area (Å²) in [4.78, 5) is 29.2. The minimum atomic E-state index is -0.113. The second kappa shape index (κ2) is 10.9. The molecule has 1 amide bonds. The van der Waals surface area contributed by atoms with Crippen LogP contribution in [0.1, 0.15) is 65.3 Å². The Labute approximate surface area is 221 Å². The molecule has 0 saturated heterocycles. The van der Waals surface area contributed by atoms with Crippen LogP contribution >= 0.6 is 11.8 Å². The number of rotatable bonds is 6. The number of benzene rings is 1. The number of hydrogen-bond acceptors (Lipinski definition) is 7. The average Bonchev–Trinajstić information content (AvgIpc) is 3.68. The maximum absolute atomic E-state index is 13.8. The second-order valence-electron chi connectivity index (χ2n) is 8.97. The van der Waals surface area contributed by atoms with Crippen molar-refractivity contribution >= 4 is 40.1 Å². The predicted molar refractivity (Wildman–Crippen MR) is 149 cm³/mol. The Morgan fingerprint density at radius 2 is 1.92 bits per heavy atom. The van der Waals surface area contributed by atoms with E-state index < -0.39 is 0 Å². The molecule has 4 heterocycles. The first kappa shape index (κ1) is 25.2. The van der Waals surface area contributed by atoms with Gasteiger partial charge in [-0.2, -0.15) is 0 Å². The van der Waals surface area contributed by atoms with Gasteiger partial charge in [-0.25, -0.2) is 9.97 Å². The minimum Gasteiger partial charge on any atom is -0.383 e. The van der Waals surface area contributed by atoms with Gasteiger partial charge in [-0.15, -0.1) is 11.8 Å². The number of amides is 1. The molecule has 37 heavy (non-hydrogen) atoms. The van der Waals surface area contributed by atoms with Gasteiger partial charge in [-0.3, -0.25) is 9.78 Å². The van der Waals surface area contributed by atoms with Crippen LogP contribution in [0.25, 0.3) is 10.9 Å². The number of nitrogens with two attached hydrogens (primary N) is 1. The van der Waals surface area contributed by atoms with Crippen LogP contribution in [0.15, 0.2) is 59.9 Å². The maximum Gasteiger partial charge on any atom is 0.260 e. The molecule has 8 heteroatoms. The third kappa shape index (κ3) is 5.04. The molecule has 0 spiro atoms. The number of thioether (sulfide) groups is 1. The van der Waals surface area contributed by atoms with Gasteiger partial charge >= 0.3 is 0 Å². The van der Waals surface area contributed by atoms with Crippen molar-refractivity contribution in [3.8, 4) is 0 Å². The number of carbonyl (C=O) groups excluding carboxylic acids is 1.